The number of hydrogen-bond acceptors (Lipinski definition) is 4. The SMILES string of the molecule is CN(C)C(=O)OC1Cc2ccc(F)cc2C(c2cccnc2)=N1. The van der Waals surface area contributed by atoms with E-state index in [0.29, 0.717) is 17.7 Å². The minimum absolute atomic E-state index is 0.330. The van der Waals surface area contributed by atoms with Crippen molar-refractivity contribution in [3.8, 4) is 0 Å². The molecule has 0 spiro atoms. The van der Waals surface area contributed by atoms with E-state index in [1.165, 1.54) is 17.0 Å². The summed E-state index contributed by atoms with van der Waals surface area (Å²) in [6, 6.07) is 8.18. The maximum atomic E-state index is 13.6. The van der Waals surface area contributed by atoms with Crippen LogP contribution in [-0.4, -0.2) is 42.0 Å². The molecule has 6 heteroatoms. The lowest BCUT2D eigenvalue weighted by atomic mass is 9.93. The minimum atomic E-state index is -0.641. The first kappa shape index (κ1) is 15.1. The van der Waals surface area contributed by atoms with Crippen molar-refractivity contribution >= 4 is 11.8 Å². The molecule has 0 radical (unpaired) electrons. The van der Waals surface area contributed by atoms with E-state index in [9.17, 15) is 9.18 Å². The zero-order chi connectivity index (χ0) is 16.4. The van der Waals surface area contributed by atoms with E-state index in [1.807, 2.05) is 6.07 Å². The Kier molecular flexibility index (Phi) is 4.06. The zero-order valence-corrected chi connectivity index (χ0v) is 12.9. The van der Waals surface area contributed by atoms with Crippen LogP contribution in [0.4, 0.5) is 9.18 Å². The van der Waals surface area contributed by atoms with Gasteiger partial charge in [0.05, 0.1) is 5.71 Å². The maximum Gasteiger partial charge on any atom is 0.411 e. The van der Waals surface area contributed by atoms with E-state index < -0.39 is 12.3 Å². The lowest BCUT2D eigenvalue weighted by molar-refractivity contribution is 0.0780. The number of carbonyl (C=O) groups is 1. The summed E-state index contributed by atoms with van der Waals surface area (Å²) < 4.78 is 19.0. The number of hydrogen-bond donors (Lipinski definition) is 0. The summed E-state index contributed by atoms with van der Waals surface area (Å²) in [6.07, 6.45) is 2.62. The summed E-state index contributed by atoms with van der Waals surface area (Å²) in [5.74, 6) is -0.330. The highest BCUT2D eigenvalue weighted by atomic mass is 19.1. The summed E-state index contributed by atoms with van der Waals surface area (Å²) in [6.45, 7) is 0. The first-order chi connectivity index (χ1) is 11.0. The molecule has 1 unspecified atom stereocenters. The highest BCUT2D eigenvalue weighted by Gasteiger charge is 2.25. The van der Waals surface area contributed by atoms with Crippen LogP contribution < -0.4 is 0 Å². The molecule has 2 aromatic rings. The first-order valence-corrected chi connectivity index (χ1v) is 7.19. The smallest absolute Gasteiger partial charge is 0.411 e. The van der Waals surface area contributed by atoms with Crippen LogP contribution in [0.5, 0.6) is 0 Å². The lowest BCUT2D eigenvalue weighted by Gasteiger charge is -2.24. The molecular formula is C17H16FN3O2. The maximum absolute atomic E-state index is 13.6. The van der Waals surface area contributed by atoms with Crippen LogP contribution in [0.2, 0.25) is 0 Å². The standard InChI is InChI=1S/C17H16FN3O2/c1-21(2)17(22)23-15-8-11-5-6-13(18)9-14(11)16(20-15)12-4-3-7-19-10-12/h3-7,9-10,15H,8H2,1-2H3. The number of benzene rings is 1. The van der Waals surface area contributed by atoms with Gasteiger partial charge in [-0.1, -0.05) is 6.07 Å². The van der Waals surface area contributed by atoms with Crippen LogP contribution in [0.1, 0.15) is 16.7 Å². The minimum Gasteiger partial charge on any atom is -0.423 e. The van der Waals surface area contributed by atoms with Crippen LogP contribution in [0.3, 0.4) is 0 Å². The molecule has 2 heterocycles. The fourth-order valence-corrected chi connectivity index (χ4v) is 2.42. The number of ether oxygens (including phenoxy) is 1. The quantitative estimate of drug-likeness (QED) is 0.856. The van der Waals surface area contributed by atoms with Crippen molar-refractivity contribution in [1.29, 1.82) is 0 Å². The molecule has 118 valence electrons. The summed E-state index contributed by atoms with van der Waals surface area (Å²) in [5, 5.41) is 0. The van der Waals surface area contributed by atoms with E-state index in [0.717, 1.165) is 11.1 Å². The molecule has 0 fully saturated rings. The Hall–Kier alpha value is -2.76. The highest BCUT2D eigenvalue weighted by Crippen LogP contribution is 2.25. The third-order valence-electron chi connectivity index (χ3n) is 3.53. The number of pyridine rings is 1. The van der Waals surface area contributed by atoms with E-state index in [1.54, 1.807) is 38.6 Å². The lowest BCUT2D eigenvalue weighted by Crippen LogP contribution is -2.31. The molecule has 0 N–H and O–H groups in total. The number of fused-ring (bicyclic) bond motifs is 1. The Balaban J connectivity index is 2.02. The van der Waals surface area contributed by atoms with Gasteiger partial charge in [0.1, 0.15) is 5.82 Å². The zero-order valence-electron chi connectivity index (χ0n) is 12.9. The van der Waals surface area contributed by atoms with Crippen molar-refractivity contribution in [1.82, 2.24) is 9.88 Å². The van der Waals surface area contributed by atoms with Gasteiger partial charge in [0.15, 0.2) is 6.23 Å². The average Bonchev–Trinajstić information content (AvgIpc) is 2.55. The Bertz CT molecular complexity index is 760. The van der Waals surface area contributed by atoms with Crippen molar-refractivity contribution in [3.63, 3.8) is 0 Å². The van der Waals surface area contributed by atoms with Crippen LogP contribution in [0.25, 0.3) is 0 Å². The molecule has 0 saturated heterocycles. The van der Waals surface area contributed by atoms with Gasteiger partial charge in [0.25, 0.3) is 0 Å². The van der Waals surface area contributed by atoms with Gasteiger partial charge in [0.2, 0.25) is 0 Å². The molecule has 1 amide bonds. The van der Waals surface area contributed by atoms with Crippen molar-refractivity contribution in [2.24, 2.45) is 4.99 Å². The number of amides is 1. The van der Waals surface area contributed by atoms with Crippen molar-refractivity contribution in [3.05, 3.63) is 65.2 Å². The highest BCUT2D eigenvalue weighted by molar-refractivity contribution is 6.14. The Morgan fingerprint density at radius 2 is 2.17 bits per heavy atom. The molecule has 23 heavy (non-hydrogen) atoms. The van der Waals surface area contributed by atoms with E-state index in [-0.39, 0.29) is 5.82 Å². The predicted molar refractivity (Wildman–Crippen MR) is 83.9 cm³/mol. The molecule has 1 aliphatic heterocycles. The molecular weight excluding hydrogens is 297 g/mol. The van der Waals surface area contributed by atoms with Gasteiger partial charge in [-0.05, 0) is 29.8 Å². The number of aromatic nitrogens is 1. The van der Waals surface area contributed by atoms with E-state index in [4.69, 9.17) is 4.74 Å². The Morgan fingerprint density at radius 3 is 2.87 bits per heavy atom. The third kappa shape index (κ3) is 3.21. The van der Waals surface area contributed by atoms with E-state index in [2.05, 4.69) is 9.98 Å². The second-order valence-electron chi connectivity index (χ2n) is 5.46. The summed E-state index contributed by atoms with van der Waals surface area (Å²) >= 11 is 0. The second kappa shape index (κ2) is 6.16. The van der Waals surface area contributed by atoms with Gasteiger partial charge in [-0.25, -0.2) is 14.2 Å². The number of carbonyl (C=O) groups excluding carboxylic acids is 1. The van der Waals surface area contributed by atoms with Crippen LogP contribution in [0, 0.1) is 5.82 Å². The fourth-order valence-electron chi connectivity index (χ4n) is 2.42. The predicted octanol–water partition coefficient (Wildman–Crippen LogP) is 2.64. The van der Waals surface area contributed by atoms with Gasteiger partial charge < -0.3 is 9.64 Å². The van der Waals surface area contributed by atoms with Gasteiger partial charge in [0, 0.05) is 44.0 Å². The van der Waals surface area contributed by atoms with Crippen molar-refractivity contribution < 1.29 is 13.9 Å². The third-order valence-corrected chi connectivity index (χ3v) is 3.53. The molecule has 5 nitrogen and oxygen atoms in total. The van der Waals surface area contributed by atoms with E-state index >= 15 is 0 Å². The average molecular weight is 313 g/mol. The largest absolute Gasteiger partial charge is 0.423 e. The molecule has 1 aromatic carbocycles. The normalized spacial score (nSPS) is 16.3. The van der Waals surface area contributed by atoms with Crippen LogP contribution in [-0.2, 0) is 11.2 Å². The number of nitrogens with zero attached hydrogens (tertiary/aromatic N) is 3. The molecule has 1 aliphatic rings. The Morgan fingerprint density at radius 1 is 1.35 bits per heavy atom. The fraction of sp³-hybridized carbons (Fsp3) is 0.235. The molecule has 1 aromatic heterocycles. The molecule has 1 atom stereocenters. The molecule has 3 rings (SSSR count). The summed E-state index contributed by atoms with van der Waals surface area (Å²) in [4.78, 5) is 21.7. The second-order valence-corrected chi connectivity index (χ2v) is 5.46. The molecule has 0 aliphatic carbocycles. The first-order valence-electron chi connectivity index (χ1n) is 7.19. The van der Waals surface area contributed by atoms with Crippen LogP contribution >= 0.6 is 0 Å². The van der Waals surface area contributed by atoms with Crippen molar-refractivity contribution in [2.45, 2.75) is 12.6 Å². The number of aliphatic imine (C=N–C) groups is 1. The summed E-state index contributed by atoms with van der Waals surface area (Å²) in [7, 11) is 3.22. The molecule has 0 bridgehead atoms. The number of halogens is 1. The van der Waals surface area contributed by atoms with Gasteiger partial charge in [-0.3, -0.25) is 4.98 Å². The van der Waals surface area contributed by atoms with Crippen LogP contribution in [0.15, 0.2) is 47.7 Å². The monoisotopic (exact) mass is 313 g/mol. The molecule has 0 saturated carbocycles. The summed E-state index contributed by atoms with van der Waals surface area (Å²) in [5.41, 5.74) is 2.92. The van der Waals surface area contributed by atoms with Gasteiger partial charge in [-0.15, -0.1) is 0 Å². The van der Waals surface area contributed by atoms with Gasteiger partial charge in [-0.2, -0.15) is 0 Å². The number of rotatable bonds is 2. The van der Waals surface area contributed by atoms with Crippen molar-refractivity contribution in [2.75, 3.05) is 14.1 Å². The Labute approximate surface area is 133 Å². The van der Waals surface area contributed by atoms with Gasteiger partial charge >= 0.3 is 6.09 Å². The topological polar surface area (TPSA) is 54.8 Å².